The topological polar surface area (TPSA) is 192 Å². The molecule has 0 saturated heterocycles. The van der Waals surface area contributed by atoms with E-state index in [-0.39, 0.29) is 19.4 Å². The normalized spacial score (nSPS) is 14.8. The number of aliphatic hydroxyl groups is 1. The van der Waals surface area contributed by atoms with Crippen molar-refractivity contribution >= 4 is 25.7 Å². The number of esters is 2. The Hall–Kier alpha value is -2.60. The molecule has 0 aromatic rings. The molecule has 0 fully saturated rings. The number of aliphatic hydroxyl groups excluding tert-OH is 1. The van der Waals surface area contributed by atoms with E-state index in [4.69, 9.17) is 24.8 Å². The van der Waals surface area contributed by atoms with Gasteiger partial charge in [-0.3, -0.25) is 23.4 Å². The molecule has 13 heteroatoms. The van der Waals surface area contributed by atoms with E-state index in [1.807, 2.05) is 24.3 Å². The lowest BCUT2D eigenvalue weighted by molar-refractivity contribution is -0.161. The highest BCUT2D eigenvalue weighted by Crippen LogP contribution is 2.43. The first-order chi connectivity index (χ1) is 27.5. The maximum absolute atomic E-state index is 12.6. The third-order valence-corrected chi connectivity index (χ3v) is 10.1. The van der Waals surface area contributed by atoms with Crippen LogP contribution in [0.4, 0.5) is 0 Å². The van der Waals surface area contributed by atoms with E-state index in [2.05, 4.69) is 36.6 Å². The number of phosphoric acid groups is 1. The van der Waals surface area contributed by atoms with Gasteiger partial charge in [0.25, 0.3) is 0 Å². The van der Waals surface area contributed by atoms with Gasteiger partial charge in [-0.05, 0) is 64.2 Å². The van der Waals surface area contributed by atoms with E-state index < -0.39 is 57.2 Å². The molecule has 57 heavy (non-hydrogen) atoms. The number of unbranched alkanes of at least 4 members (excludes halogenated alkanes) is 18. The van der Waals surface area contributed by atoms with E-state index in [1.165, 1.54) is 64.2 Å². The second-order valence-corrected chi connectivity index (χ2v) is 16.1. The SMILES string of the molecule is CC/C=C/CC(O)/C=C/C=C/CCCCCCCC(=O)O[C@H](COC(=O)CCCCCCCCC/C=C\CCCCCCCC)COP(=O)(O)OC[C@H](N)C(=O)O. The third-order valence-electron chi connectivity index (χ3n) is 9.14. The molecule has 0 radical (unpaired) electrons. The van der Waals surface area contributed by atoms with Crippen LogP contribution in [0.3, 0.4) is 0 Å². The van der Waals surface area contributed by atoms with Crippen molar-refractivity contribution in [1.29, 1.82) is 0 Å². The Bertz CT molecular complexity index is 1170. The highest BCUT2D eigenvalue weighted by atomic mass is 31.2. The number of aliphatic carboxylic acids is 1. The average Bonchev–Trinajstić information content (AvgIpc) is 3.18. The highest BCUT2D eigenvalue weighted by Gasteiger charge is 2.28. The lowest BCUT2D eigenvalue weighted by Crippen LogP contribution is -2.34. The van der Waals surface area contributed by atoms with Crippen molar-refractivity contribution in [2.24, 2.45) is 5.73 Å². The standard InChI is InChI=1S/C44H78NO11P/c1-3-5-7-8-9-10-11-12-13-14-15-16-17-20-23-26-30-34-42(47)53-36-40(37-54-57(51,52)55-38-41(45)44(49)50)56-43(48)35-31-27-24-21-18-19-22-25-29-33-39(46)32-28-6-4-2/h6,12-13,22,25,28-29,33,39-41,46H,3-5,7-11,14-21,23-24,26-27,30-32,34-38,45H2,1-2H3,(H,49,50)(H,51,52)/b13-12-,25-22+,28-6+,33-29+/t39?,40-,41+/m1/s1. The van der Waals surface area contributed by atoms with Gasteiger partial charge in [-0.1, -0.05) is 146 Å². The maximum atomic E-state index is 12.6. The fourth-order valence-electron chi connectivity index (χ4n) is 5.68. The molecule has 0 spiro atoms. The second kappa shape index (κ2) is 38.9. The number of allylic oxidation sites excluding steroid dienone is 6. The minimum atomic E-state index is -4.74. The van der Waals surface area contributed by atoms with Crippen molar-refractivity contribution < 1.29 is 52.6 Å². The predicted molar refractivity (Wildman–Crippen MR) is 228 cm³/mol. The number of rotatable bonds is 40. The summed E-state index contributed by atoms with van der Waals surface area (Å²) in [7, 11) is -4.74. The minimum Gasteiger partial charge on any atom is -0.480 e. The van der Waals surface area contributed by atoms with Crippen LogP contribution in [-0.2, 0) is 37.5 Å². The van der Waals surface area contributed by atoms with E-state index in [1.54, 1.807) is 6.08 Å². The van der Waals surface area contributed by atoms with Gasteiger partial charge >= 0.3 is 25.7 Å². The van der Waals surface area contributed by atoms with E-state index in [9.17, 15) is 28.9 Å². The van der Waals surface area contributed by atoms with Crippen molar-refractivity contribution in [3.05, 3.63) is 48.6 Å². The molecule has 5 N–H and O–H groups in total. The molecular formula is C44H78NO11P. The monoisotopic (exact) mass is 828 g/mol. The van der Waals surface area contributed by atoms with Gasteiger partial charge in [-0.15, -0.1) is 0 Å². The summed E-state index contributed by atoms with van der Waals surface area (Å²) in [6.07, 6.45) is 39.3. The number of hydrogen-bond acceptors (Lipinski definition) is 10. The summed E-state index contributed by atoms with van der Waals surface area (Å²) >= 11 is 0. The first kappa shape index (κ1) is 54.4. The Labute approximate surface area is 344 Å². The van der Waals surface area contributed by atoms with E-state index in [0.717, 1.165) is 64.2 Å². The van der Waals surface area contributed by atoms with Crippen LogP contribution in [0.15, 0.2) is 48.6 Å². The second-order valence-electron chi connectivity index (χ2n) is 14.6. The number of carboxylic acid groups (broad SMARTS) is 1. The van der Waals surface area contributed by atoms with Crippen LogP contribution in [0.2, 0.25) is 0 Å². The Morgan fingerprint density at radius 3 is 1.70 bits per heavy atom. The van der Waals surface area contributed by atoms with Crippen molar-refractivity contribution in [3.63, 3.8) is 0 Å². The predicted octanol–water partition coefficient (Wildman–Crippen LogP) is 10.4. The molecular weight excluding hydrogens is 749 g/mol. The third kappa shape index (κ3) is 38.7. The van der Waals surface area contributed by atoms with Gasteiger partial charge < -0.3 is 30.3 Å². The van der Waals surface area contributed by atoms with Crippen molar-refractivity contribution in [3.8, 4) is 0 Å². The van der Waals surface area contributed by atoms with E-state index in [0.29, 0.717) is 19.3 Å². The van der Waals surface area contributed by atoms with Crippen molar-refractivity contribution in [2.75, 3.05) is 19.8 Å². The number of carboxylic acids is 1. The smallest absolute Gasteiger partial charge is 0.472 e. The Morgan fingerprint density at radius 2 is 1.14 bits per heavy atom. The number of carbonyl (C=O) groups is 3. The molecule has 0 aliphatic heterocycles. The van der Waals surface area contributed by atoms with Gasteiger partial charge in [-0.25, -0.2) is 4.57 Å². The Morgan fingerprint density at radius 1 is 0.632 bits per heavy atom. The molecule has 0 aromatic heterocycles. The van der Waals surface area contributed by atoms with E-state index >= 15 is 0 Å². The molecule has 0 aliphatic rings. The zero-order valence-electron chi connectivity index (χ0n) is 35.3. The van der Waals surface area contributed by atoms with Gasteiger partial charge in [0.15, 0.2) is 6.10 Å². The maximum Gasteiger partial charge on any atom is 0.472 e. The summed E-state index contributed by atoms with van der Waals surface area (Å²) in [4.78, 5) is 45.9. The van der Waals surface area contributed by atoms with Gasteiger partial charge in [0.1, 0.15) is 12.6 Å². The zero-order chi connectivity index (χ0) is 42.2. The Balaban J connectivity index is 4.43. The van der Waals surface area contributed by atoms with Crippen LogP contribution in [0.1, 0.15) is 174 Å². The number of nitrogens with two attached hydrogens (primary N) is 1. The van der Waals surface area contributed by atoms with Crippen molar-refractivity contribution in [1.82, 2.24) is 0 Å². The molecule has 0 bridgehead atoms. The summed E-state index contributed by atoms with van der Waals surface area (Å²) in [5, 5.41) is 18.8. The molecule has 0 rings (SSSR count). The van der Waals surface area contributed by atoms with Crippen molar-refractivity contribution in [2.45, 2.75) is 193 Å². The zero-order valence-corrected chi connectivity index (χ0v) is 36.2. The largest absolute Gasteiger partial charge is 0.480 e. The molecule has 4 atom stereocenters. The highest BCUT2D eigenvalue weighted by molar-refractivity contribution is 7.47. The number of ether oxygens (including phenoxy) is 2. The number of phosphoric ester groups is 1. The molecule has 2 unspecified atom stereocenters. The lowest BCUT2D eigenvalue weighted by Gasteiger charge is -2.20. The van der Waals surface area contributed by atoms with Gasteiger partial charge in [0.2, 0.25) is 0 Å². The number of hydrogen-bond donors (Lipinski definition) is 4. The average molecular weight is 828 g/mol. The quantitative estimate of drug-likeness (QED) is 0.0150. The van der Waals surface area contributed by atoms with Crippen LogP contribution < -0.4 is 5.73 Å². The molecule has 12 nitrogen and oxygen atoms in total. The molecule has 0 aromatic carbocycles. The summed E-state index contributed by atoms with van der Waals surface area (Å²) in [5.74, 6) is -2.45. The van der Waals surface area contributed by atoms with Gasteiger partial charge in [0, 0.05) is 12.8 Å². The molecule has 0 saturated carbocycles. The lowest BCUT2D eigenvalue weighted by atomic mass is 10.1. The molecule has 330 valence electrons. The molecule has 0 aliphatic carbocycles. The van der Waals surface area contributed by atoms with Crippen LogP contribution >= 0.6 is 7.82 Å². The van der Waals surface area contributed by atoms with Crippen LogP contribution in [0.5, 0.6) is 0 Å². The van der Waals surface area contributed by atoms with Crippen LogP contribution in [0, 0.1) is 0 Å². The summed E-state index contributed by atoms with van der Waals surface area (Å²) in [6.45, 7) is 2.55. The van der Waals surface area contributed by atoms with Gasteiger partial charge in [-0.2, -0.15) is 0 Å². The summed E-state index contributed by atoms with van der Waals surface area (Å²) < 4.78 is 32.6. The minimum absolute atomic E-state index is 0.113. The first-order valence-electron chi connectivity index (χ1n) is 21.8. The first-order valence-corrected chi connectivity index (χ1v) is 23.3. The fraction of sp³-hybridized carbons (Fsp3) is 0.750. The molecule has 0 heterocycles. The molecule has 0 amide bonds. The van der Waals surface area contributed by atoms with Crippen LogP contribution in [-0.4, -0.2) is 71.1 Å². The van der Waals surface area contributed by atoms with Crippen LogP contribution in [0.25, 0.3) is 0 Å². The summed E-state index contributed by atoms with van der Waals surface area (Å²) in [6, 6.07) is -1.54. The van der Waals surface area contributed by atoms with Gasteiger partial charge in [0.05, 0.1) is 19.3 Å². The fourth-order valence-corrected chi connectivity index (χ4v) is 6.46. The number of carbonyl (C=O) groups excluding carboxylic acids is 2. The summed E-state index contributed by atoms with van der Waals surface area (Å²) in [5.41, 5.74) is 5.33. The Kier molecular flexibility index (Phi) is 37.1.